The zero-order chi connectivity index (χ0) is 17.0. The van der Waals surface area contributed by atoms with Crippen molar-refractivity contribution in [3.05, 3.63) is 28.7 Å². The second-order valence-electron chi connectivity index (χ2n) is 4.58. The van der Waals surface area contributed by atoms with Crippen LogP contribution in [0.3, 0.4) is 0 Å². The van der Waals surface area contributed by atoms with E-state index in [9.17, 15) is 14.4 Å². The first kappa shape index (κ1) is 16.9. The Morgan fingerprint density at radius 2 is 2.09 bits per heavy atom. The number of hydrogen-bond acceptors (Lipinski definition) is 6. The fraction of sp³-hybridized carbons (Fsp3) is 0.267. The van der Waals surface area contributed by atoms with Gasteiger partial charge in [-0.25, -0.2) is 0 Å². The van der Waals surface area contributed by atoms with Gasteiger partial charge in [0.1, 0.15) is 6.54 Å². The van der Waals surface area contributed by atoms with Gasteiger partial charge < -0.3 is 15.2 Å². The molecular weight excluding hydrogens is 320 g/mol. The number of carbonyl (C=O) groups excluding carboxylic acids is 3. The molecule has 1 aromatic carbocycles. The molecule has 1 heterocycles. The summed E-state index contributed by atoms with van der Waals surface area (Å²) in [5, 5.41) is -0.516. The molecule has 0 saturated carbocycles. The number of imide groups is 1. The lowest BCUT2D eigenvalue weighted by Crippen LogP contribution is -2.36. The predicted molar refractivity (Wildman–Crippen MR) is 86.0 cm³/mol. The van der Waals surface area contributed by atoms with E-state index in [4.69, 9.17) is 15.2 Å². The van der Waals surface area contributed by atoms with Crippen molar-refractivity contribution in [1.82, 2.24) is 4.90 Å². The summed E-state index contributed by atoms with van der Waals surface area (Å²) in [7, 11) is 1.52. The van der Waals surface area contributed by atoms with E-state index in [1.54, 1.807) is 24.3 Å². The van der Waals surface area contributed by atoms with Gasteiger partial charge in [-0.2, -0.15) is 0 Å². The molecule has 1 fully saturated rings. The number of ether oxygens (including phenoxy) is 2. The van der Waals surface area contributed by atoms with Crippen LogP contribution in [0.25, 0.3) is 6.08 Å². The van der Waals surface area contributed by atoms with E-state index in [-0.39, 0.29) is 4.91 Å². The number of benzene rings is 1. The Morgan fingerprint density at radius 1 is 1.35 bits per heavy atom. The number of thioether (sulfide) groups is 1. The minimum Gasteiger partial charge on any atom is -0.493 e. The molecule has 1 aromatic rings. The molecule has 1 saturated heterocycles. The van der Waals surface area contributed by atoms with Crippen LogP contribution in [0.15, 0.2) is 23.1 Å². The highest BCUT2D eigenvalue weighted by molar-refractivity contribution is 8.18. The fourth-order valence-corrected chi connectivity index (χ4v) is 2.83. The zero-order valence-corrected chi connectivity index (χ0v) is 13.5. The van der Waals surface area contributed by atoms with Gasteiger partial charge in [-0.3, -0.25) is 19.3 Å². The van der Waals surface area contributed by atoms with Gasteiger partial charge in [0.2, 0.25) is 5.91 Å². The molecule has 7 nitrogen and oxygen atoms in total. The highest BCUT2D eigenvalue weighted by Gasteiger charge is 2.35. The van der Waals surface area contributed by atoms with Gasteiger partial charge in [-0.15, -0.1) is 0 Å². The lowest BCUT2D eigenvalue weighted by molar-refractivity contribution is -0.127. The molecule has 1 aliphatic heterocycles. The number of nitrogens with zero attached hydrogens (tertiary/aromatic N) is 1. The average molecular weight is 336 g/mol. The van der Waals surface area contributed by atoms with Crippen LogP contribution in [0.4, 0.5) is 4.79 Å². The molecular formula is C15H16N2O5S. The molecule has 0 atom stereocenters. The summed E-state index contributed by atoms with van der Waals surface area (Å²) in [4.78, 5) is 35.8. The third kappa shape index (κ3) is 3.84. The Balaban J connectivity index is 2.26. The normalized spacial score (nSPS) is 16.1. The number of hydrogen-bond donors (Lipinski definition) is 1. The Kier molecular flexibility index (Phi) is 5.28. The molecule has 0 aromatic heterocycles. The molecule has 0 bridgehead atoms. The van der Waals surface area contributed by atoms with Gasteiger partial charge in [0, 0.05) is 0 Å². The highest BCUT2D eigenvalue weighted by Crippen LogP contribution is 2.34. The summed E-state index contributed by atoms with van der Waals surface area (Å²) in [6.07, 6.45) is 1.56. The van der Waals surface area contributed by atoms with Gasteiger partial charge in [-0.05, 0) is 42.5 Å². The first-order chi connectivity index (χ1) is 11.0. The van der Waals surface area contributed by atoms with E-state index in [2.05, 4.69) is 0 Å². The second kappa shape index (κ2) is 7.19. The van der Waals surface area contributed by atoms with E-state index in [0.717, 1.165) is 16.7 Å². The Hall–Kier alpha value is -2.48. The van der Waals surface area contributed by atoms with Crippen molar-refractivity contribution in [1.29, 1.82) is 0 Å². The Morgan fingerprint density at radius 3 is 2.70 bits per heavy atom. The van der Waals surface area contributed by atoms with Gasteiger partial charge >= 0.3 is 0 Å². The number of rotatable bonds is 6. The monoisotopic (exact) mass is 336 g/mol. The highest BCUT2D eigenvalue weighted by atomic mass is 32.2. The van der Waals surface area contributed by atoms with E-state index < -0.39 is 23.6 Å². The van der Waals surface area contributed by atoms with E-state index in [1.165, 1.54) is 7.11 Å². The number of nitrogens with two attached hydrogens (primary N) is 1. The minimum atomic E-state index is -0.740. The summed E-state index contributed by atoms with van der Waals surface area (Å²) in [5.41, 5.74) is 5.71. The summed E-state index contributed by atoms with van der Waals surface area (Å²) in [6, 6.07) is 5.17. The Labute approximate surface area is 137 Å². The van der Waals surface area contributed by atoms with Crippen LogP contribution in [0, 0.1) is 0 Å². The van der Waals surface area contributed by atoms with Gasteiger partial charge in [0.05, 0.1) is 18.6 Å². The standard InChI is InChI=1S/C15H16N2O5S/c1-3-22-10-5-4-9(6-11(10)21-2)7-12-14(19)17(8-13(16)18)15(20)23-12/h4-7H,3,8H2,1-2H3,(H2,16,18)/b12-7-. The number of methoxy groups -OCH3 is 1. The third-order valence-corrected chi connectivity index (χ3v) is 3.88. The zero-order valence-electron chi connectivity index (χ0n) is 12.7. The topological polar surface area (TPSA) is 98.9 Å². The van der Waals surface area contributed by atoms with Crippen LogP contribution in [0.2, 0.25) is 0 Å². The van der Waals surface area contributed by atoms with Crippen molar-refractivity contribution in [2.45, 2.75) is 6.92 Å². The third-order valence-electron chi connectivity index (χ3n) is 2.97. The first-order valence-electron chi connectivity index (χ1n) is 6.80. The fourth-order valence-electron chi connectivity index (χ4n) is 1.99. The van der Waals surface area contributed by atoms with Crippen molar-refractivity contribution >= 4 is 34.9 Å². The molecule has 23 heavy (non-hydrogen) atoms. The van der Waals surface area contributed by atoms with Crippen LogP contribution < -0.4 is 15.2 Å². The van der Waals surface area contributed by atoms with Crippen LogP contribution in [0.5, 0.6) is 11.5 Å². The van der Waals surface area contributed by atoms with Crippen LogP contribution in [0.1, 0.15) is 12.5 Å². The lowest BCUT2D eigenvalue weighted by atomic mass is 10.2. The van der Waals surface area contributed by atoms with E-state index in [0.29, 0.717) is 23.7 Å². The van der Waals surface area contributed by atoms with Crippen LogP contribution >= 0.6 is 11.8 Å². The molecule has 3 amide bonds. The molecule has 0 radical (unpaired) electrons. The second-order valence-corrected chi connectivity index (χ2v) is 5.57. The van der Waals surface area contributed by atoms with Crippen molar-refractivity contribution in [2.75, 3.05) is 20.3 Å². The number of amides is 3. The molecule has 122 valence electrons. The molecule has 0 unspecified atom stereocenters. The maximum Gasteiger partial charge on any atom is 0.294 e. The first-order valence-corrected chi connectivity index (χ1v) is 7.62. The Bertz CT molecular complexity index is 686. The molecule has 0 spiro atoms. The van der Waals surface area contributed by atoms with Crippen molar-refractivity contribution in [2.24, 2.45) is 5.73 Å². The summed E-state index contributed by atoms with van der Waals surface area (Å²) < 4.78 is 10.7. The molecule has 1 aliphatic rings. The smallest absolute Gasteiger partial charge is 0.294 e. The SMILES string of the molecule is CCOc1ccc(/C=C2\SC(=O)N(CC(N)=O)C2=O)cc1OC. The van der Waals surface area contributed by atoms with Gasteiger partial charge in [-0.1, -0.05) is 6.07 Å². The number of carbonyl (C=O) groups is 3. The van der Waals surface area contributed by atoms with E-state index >= 15 is 0 Å². The largest absolute Gasteiger partial charge is 0.493 e. The molecule has 2 N–H and O–H groups in total. The van der Waals surface area contributed by atoms with Gasteiger partial charge in [0.15, 0.2) is 11.5 Å². The minimum absolute atomic E-state index is 0.225. The van der Waals surface area contributed by atoms with Crippen molar-refractivity contribution < 1.29 is 23.9 Å². The lowest BCUT2D eigenvalue weighted by Gasteiger charge is -2.10. The molecule has 2 rings (SSSR count). The quantitative estimate of drug-likeness (QED) is 0.793. The predicted octanol–water partition coefficient (Wildman–Crippen LogP) is 1.62. The van der Waals surface area contributed by atoms with Crippen LogP contribution in [-0.4, -0.2) is 42.2 Å². The summed E-state index contributed by atoms with van der Waals surface area (Å²) in [5.74, 6) is -0.158. The van der Waals surface area contributed by atoms with E-state index in [1.807, 2.05) is 6.92 Å². The summed E-state index contributed by atoms with van der Waals surface area (Å²) >= 11 is 0.765. The maximum absolute atomic E-state index is 12.1. The van der Waals surface area contributed by atoms with Crippen molar-refractivity contribution in [3.8, 4) is 11.5 Å². The van der Waals surface area contributed by atoms with Gasteiger partial charge in [0.25, 0.3) is 11.1 Å². The van der Waals surface area contributed by atoms with Crippen LogP contribution in [-0.2, 0) is 9.59 Å². The molecule has 8 heteroatoms. The summed E-state index contributed by atoms with van der Waals surface area (Å²) in [6.45, 7) is 1.94. The maximum atomic E-state index is 12.1. The average Bonchev–Trinajstić information content (AvgIpc) is 2.76. The number of primary amides is 1. The van der Waals surface area contributed by atoms with Crippen molar-refractivity contribution in [3.63, 3.8) is 0 Å². The molecule has 0 aliphatic carbocycles.